The Bertz CT molecular complexity index is 165. The van der Waals surface area contributed by atoms with Gasteiger partial charge in [0.15, 0.2) is 0 Å². The van der Waals surface area contributed by atoms with E-state index in [0.29, 0.717) is 6.42 Å². The van der Waals surface area contributed by atoms with Crippen LogP contribution in [0.3, 0.4) is 0 Å². The van der Waals surface area contributed by atoms with Gasteiger partial charge in [0, 0.05) is 5.75 Å². The van der Waals surface area contributed by atoms with E-state index in [9.17, 15) is 4.79 Å². The van der Waals surface area contributed by atoms with Crippen molar-refractivity contribution in [3.63, 3.8) is 0 Å². The van der Waals surface area contributed by atoms with Gasteiger partial charge in [-0.25, -0.2) is 0 Å². The molecule has 1 aliphatic carbocycles. The first kappa shape index (κ1) is 11.9. The monoisotopic (exact) mass is 216 g/mol. The maximum Gasteiger partial charge on any atom is 0.306 e. The van der Waals surface area contributed by atoms with Crippen LogP contribution in [0.4, 0.5) is 0 Å². The molecular weight excluding hydrogens is 196 g/mol. The highest BCUT2D eigenvalue weighted by Gasteiger charge is 2.16. The maximum atomic E-state index is 11.4. The van der Waals surface area contributed by atoms with Crippen molar-refractivity contribution in [1.29, 1.82) is 0 Å². The highest BCUT2D eigenvalue weighted by molar-refractivity contribution is 7.99. The summed E-state index contributed by atoms with van der Waals surface area (Å²) in [5.74, 6) is 1.98. The normalized spacial score (nSPS) is 18.1. The molecule has 14 heavy (non-hydrogen) atoms. The molecule has 1 fully saturated rings. The van der Waals surface area contributed by atoms with E-state index in [4.69, 9.17) is 4.74 Å². The minimum absolute atomic E-state index is 0.00199. The molecule has 1 saturated carbocycles. The summed E-state index contributed by atoms with van der Waals surface area (Å²) in [4.78, 5) is 11.4. The SMILES string of the molecule is CCSCCC(=O)OC1CCCCC1. The second-order valence-electron chi connectivity index (χ2n) is 3.70. The van der Waals surface area contributed by atoms with E-state index in [-0.39, 0.29) is 12.1 Å². The molecule has 0 N–H and O–H groups in total. The lowest BCUT2D eigenvalue weighted by Crippen LogP contribution is -2.21. The van der Waals surface area contributed by atoms with Gasteiger partial charge in [-0.1, -0.05) is 13.3 Å². The Hall–Kier alpha value is -0.180. The lowest BCUT2D eigenvalue weighted by atomic mass is 9.98. The zero-order valence-electron chi connectivity index (χ0n) is 8.96. The summed E-state index contributed by atoms with van der Waals surface area (Å²) in [6.45, 7) is 2.11. The van der Waals surface area contributed by atoms with Crippen LogP contribution in [0.15, 0.2) is 0 Å². The number of hydrogen-bond donors (Lipinski definition) is 0. The van der Waals surface area contributed by atoms with E-state index in [1.54, 1.807) is 11.8 Å². The van der Waals surface area contributed by atoms with E-state index in [0.717, 1.165) is 24.3 Å². The van der Waals surface area contributed by atoms with Crippen molar-refractivity contribution in [2.45, 2.75) is 51.6 Å². The first-order valence-corrected chi connectivity index (χ1v) is 6.75. The predicted octanol–water partition coefficient (Wildman–Crippen LogP) is 3.01. The van der Waals surface area contributed by atoms with Gasteiger partial charge in [-0.3, -0.25) is 4.79 Å². The molecule has 3 heteroatoms. The number of thioether (sulfide) groups is 1. The van der Waals surface area contributed by atoms with Crippen molar-refractivity contribution in [3.8, 4) is 0 Å². The lowest BCUT2D eigenvalue weighted by molar-refractivity contribution is -0.149. The van der Waals surface area contributed by atoms with Crippen LogP contribution in [0, 0.1) is 0 Å². The largest absolute Gasteiger partial charge is 0.462 e. The third-order valence-corrected chi connectivity index (χ3v) is 3.41. The molecule has 2 nitrogen and oxygen atoms in total. The standard InChI is InChI=1S/C11H20O2S/c1-2-14-9-8-11(12)13-10-6-4-3-5-7-10/h10H,2-9H2,1H3. The molecule has 0 radical (unpaired) electrons. The van der Waals surface area contributed by atoms with Crippen LogP contribution in [0.1, 0.15) is 45.4 Å². The van der Waals surface area contributed by atoms with Gasteiger partial charge in [0.25, 0.3) is 0 Å². The molecule has 0 amide bonds. The van der Waals surface area contributed by atoms with Gasteiger partial charge >= 0.3 is 5.97 Å². The van der Waals surface area contributed by atoms with Crippen molar-refractivity contribution >= 4 is 17.7 Å². The van der Waals surface area contributed by atoms with Gasteiger partial charge in [0.05, 0.1) is 6.42 Å². The minimum Gasteiger partial charge on any atom is -0.462 e. The summed E-state index contributed by atoms with van der Waals surface area (Å²) in [6, 6.07) is 0. The molecule has 0 aliphatic heterocycles. The van der Waals surface area contributed by atoms with E-state index in [2.05, 4.69) is 6.92 Å². The average molecular weight is 216 g/mol. The topological polar surface area (TPSA) is 26.3 Å². The Morgan fingerprint density at radius 1 is 1.36 bits per heavy atom. The van der Waals surface area contributed by atoms with Crippen molar-refractivity contribution in [2.75, 3.05) is 11.5 Å². The highest BCUT2D eigenvalue weighted by atomic mass is 32.2. The summed E-state index contributed by atoms with van der Waals surface area (Å²) in [5.41, 5.74) is 0. The van der Waals surface area contributed by atoms with E-state index in [1.165, 1.54) is 19.3 Å². The molecule has 0 spiro atoms. The van der Waals surface area contributed by atoms with Crippen LogP contribution in [0.5, 0.6) is 0 Å². The molecule has 0 aromatic heterocycles. The molecule has 0 bridgehead atoms. The van der Waals surface area contributed by atoms with Crippen molar-refractivity contribution in [2.24, 2.45) is 0 Å². The number of ether oxygens (including phenoxy) is 1. The third-order valence-electron chi connectivity index (χ3n) is 2.50. The molecule has 0 aromatic carbocycles. The predicted molar refractivity (Wildman–Crippen MR) is 60.6 cm³/mol. The number of esters is 1. The Kier molecular flexibility index (Phi) is 6.08. The number of carbonyl (C=O) groups is 1. The summed E-state index contributed by atoms with van der Waals surface area (Å²) in [7, 11) is 0. The Morgan fingerprint density at radius 2 is 2.07 bits per heavy atom. The number of rotatable bonds is 5. The van der Waals surface area contributed by atoms with Gasteiger partial charge in [0.2, 0.25) is 0 Å². The Balaban J connectivity index is 2.06. The zero-order chi connectivity index (χ0) is 10.2. The molecular formula is C11H20O2S. The maximum absolute atomic E-state index is 11.4. The number of hydrogen-bond acceptors (Lipinski definition) is 3. The lowest BCUT2D eigenvalue weighted by Gasteiger charge is -2.21. The summed E-state index contributed by atoms with van der Waals surface area (Å²) < 4.78 is 5.39. The quantitative estimate of drug-likeness (QED) is 0.522. The average Bonchev–Trinajstić information content (AvgIpc) is 2.20. The van der Waals surface area contributed by atoms with Gasteiger partial charge in [0.1, 0.15) is 6.10 Å². The second kappa shape index (κ2) is 7.16. The summed E-state index contributed by atoms with van der Waals surface area (Å²) in [6.07, 6.45) is 6.71. The second-order valence-corrected chi connectivity index (χ2v) is 5.09. The van der Waals surface area contributed by atoms with E-state index in [1.807, 2.05) is 0 Å². The fourth-order valence-corrected chi connectivity index (χ4v) is 2.33. The van der Waals surface area contributed by atoms with Crippen molar-refractivity contribution < 1.29 is 9.53 Å². The van der Waals surface area contributed by atoms with Crippen molar-refractivity contribution in [3.05, 3.63) is 0 Å². The fraction of sp³-hybridized carbons (Fsp3) is 0.909. The fourth-order valence-electron chi connectivity index (χ4n) is 1.73. The van der Waals surface area contributed by atoms with Gasteiger partial charge < -0.3 is 4.74 Å². The number of carbonyl (C=O) groups excluding carboxylic acids is 1. The molecule has 0 atom stereocenters. The van der Waals surface area contributed by atoms with Crippen LogP contribution in [0.25, 0.3) is 0 Å². The smallest absolute Gasteiger partial charge is 0.306 e. The molecule has 1 rings (SSSR count). The minimum atomic E-state index is -0.00199. The van der Waals surface area contributed by atoms with Crippen LogP contribution in [-0.2, 0) is 9.53 Å². The molecule has 82 valence electrons. The molecule has 0 saturated heterocycles. The highest BCUT2D eigenvalue weighted by Crippen LogP contribution is 2.20. The first-order valence-electron chi connectivity index (χ1n) is 5.60. The third kappa shape index (κ3) is 4.89. The van der Waals surface area contributed by atoms with Crippen LogP contribution in [0.2, 0.25) is 0 Å². The zero-order valence-corrected chi connectivity index (χ0v) is 9.78. The molecule has 0 aromatic rings. The van der Waals surface area contributed by atoms with Gasteiger partial charge in [-0.2, -0.15) is 11.8 Å². The molecule has 0 unspecified atom stereocenters. The Labute approximate surface area is 90.8 Å². The van der Waals surface area contributed by atoms with Crippen LogP contribution < -0.4 is 0 Å². The summed E-state index contributed by atoms with van der Waals surface area (Å²) >= 11 is 1.80. The van der Waals surface area contributed by atoms with Crippen molar-refractivity contribution in [1.82, 2.24) is 0 Å². The summed E-state index contributed by atoms with van der Waals surface area (Å²) in [5, 5.41) is 0. The molecule has 0 heterocycles. The van der Waals surface area contributed by atoms with Crippen LogP contribution >= 0.6 is 11.8 Å². The Morgan fingerprint density at radius 3 is 2.71 bits per heavy atom. The van der Waals surface area contributed by atoms with Gasteiger partial charge in [-0.05, 0) is 31.4 Å². The van der Waals surface area contributed by atoms with E-state index < -0.39 is 0 Å². The van der Waals surface area contributed by atoms with Gasteiger partial charge in [-0.15, -0.1) is 0 Å². The van der Waals surface area contributed by atoms with Crippen LogP contribution in [-0.4, -0.2) is 23.6 Å². The molecule has 1 aliphatic rings. The first-order chi connectivity index (χ1) is 6.83. The van der Waals surface area contributed by atoms with E-state index >= 15 is 0 Å².